The topological polar surface area (TPSA) is 50.8 Å². The summed E-state index contributed by atoms with van der Waals surface area (Å²) in [5, 5.41) is 5.59. The lowest BCUT2D eigenvalue weighted by atomic mass is 10.0. The number of nitrogens with one attached hydrogen (secondary N) is 1. The van der Waals surface area contributed by atoms with E-state index in [9.17, 15) is 4.79 Å². The van der Waals surface area contributed by atoms with Crippen LogP contribution in [0.4, 0.5) is 0 Å². The molecule has 5 rings (SSSR count). The lowest BCUT2D eigenvalue weighted by Gasteiger charge is -2.26. The molecule has 1 N–H and O–H groups in total. The molecule has 2 aliphatic heterocycles. The number of likely N-dealkylation sites (tertiary alicyclic amines) is 1. The van der Waals surface area contributed by atoms with Gasteiger partial charge in [-0.25, -0.2) is 0 Å². The van der Waals surface area contributed by atoms with Crippen molar-refractivity contribution in [2.24, 2.45) is 0 Å². The van der Waals surface area contributed by atoms with Crippen LogP contribution in [0.3, 0.4) is 0 Å². The molecule has 2 heterocycles. The molecule has 1 saturated heterocycles. The Balaban J connectivity index is 1.25. The van der Waals surface area contributed by atoms with Crippen LogP contribution in [0.1, 0.15) is 43.0 Å². The van der Waals surface area contributed by atoms with Gasteiger partial charge in [0.2, 0.25) is 5.91 Å². The summed E-state index contributed by atoms with van der Waals surface area (Å²) in [6.45, 7) is 4.55. The predicted molar refractivity (Wildman–Crippen MR) is 121 cm³/mol. The van der Waals surface area contributed by atoms with Gasteiger partial charge in [-0.05, 0) is 66.4 Å². The van der Waals surface area contributed by atoms with Gasteiger partial charge >= 0.3 is 0 Å². The quantitative estimate of drug-likeness (QED) is 0.659. The zero-order chi connectivity index (χ0) is 21.2. The summed E-state index contributed by atoms with van der Waals surface area (Å²) in [4.78, 5) is 15.1. The lowest BCUT2D eigenvalue weighted by molar-refractivity contribution is -0.123. The predicted octanol–water partition coefficient (Wildman–Crippen LogP) is 4.63. The molecule has 5 heteroatoms. The second kappa shape index (κ2) is 8.60. The van der Waals surface area contributed by atoms with Crippen molar-refractivity contribution in [1.82, 2.24) is 10.2 Å². The van der Waals surface area contributed by atoms with Gasteiger partial charge in [-0.15, -0.1) is 0 Å². The monoisotopic (exact) mass is 416 g/mol. The van der Waals surface area contributed by atoms with Crippen LogP contribution in [0.25, 0.3) is 10.8 Å². The Hall–Kier alpha value is -3.05. The van der Waals surface area contributed by atoms with E-state index in [-0.39, 0.29) is 18.0 Å². The van der Waals surface area contributed by atoms with E-state index >= 15 is 0 Å². The van der Waals surface area contributed by atoms with Crippen LogP contribution in [0.2, 0.25) is 0 Å². The first-order valence-corrected chi connectivity index (χ1v) is 11.1. The molecule has 160 valence electrons. The van der Waals surface area contributed by atoms with Gasteiger partial charge in [-0.2, -0.15) is 0 Å². The SMILES string of the molecule is CC(NC(=O)CN1CCCC1c1ccc2c(c1)OCCO2)c1ccc2ccccc2c1. The smallest absolute Gasteiger partial charge is 0.234 e. The van der Waals surface area contributed by atoms with Gasteiger partial charge in [0.05, 0.1) is 12.6 Å². The largest absolute Gasteiger partial charge is 0.486 e. The maximum Gasteiger partial charge on any atom is 0.234 e. The van der Waals surface area contributed by atoms with E-state index in [1.54, 1.807) is 0 Å². The van der Waals surface area contributed by atoms with E-state index in [0.29, 0.717) is 19.8 Å². The highest BCUT2D eigenvalue weighted by Gasteiger charge is 2.29. The second-order valence-corrected chi connectivity index (χ2v) is 8.43. The minimum atomic E-state index is -0.0348. The summed E-state index contributed by atoms with van der Waals surface area (Å²) in [6, 6.07) is 21.0. The number of nitrogens with zero attached hydrogens (tertiary/aromatic N) is 1. The van der Waals surface area contributed by atoms with Crippen LogP contribution in [0.5, 0.6) is 11.5 Å². The molecule has 0 radical (unpaired) electrons. The van der Waals surface area contributed by atoms with Crippen molar-refractivity contribution in [3.8, 4) is 11.5 Å². The molecule has 2 unspecified atom stereocenters. The first kappa shape index (κ1) is 19.9. The van der Waals surface area contributed by atoms with Crippen molar-refractivity contribution < 1.29 is 14.3 Å². The summed E-state index contributed by atoms with van der Waals surface area (Å²) >= 11 is 0. The third-order valence-electron chi connectivity index (χ3n) is 6.31. The minimum absolute atomic E-state index is 0.0348. The molecule has 5 nitrogen and oxygen atoms in total. The summed E-state index contributed by atoms with van der Waals surface area (Å²) < 4.78 is 11.4. The molecule has 0 saturated carbocycles. The van der Waals surface area contributed by atoms with E-state index < -0.39 is 0 Å². The third-order valence-corrected chi connectivity index (χ3v) is 6.31. The Morgan fingerprint density at radius 3 is 2.71 bits per heavy atom. The first-order chi connectivity index (χ1) is 15.2. The molecule has 31 heavy (non-hydrogen) atoms. The van der Waals surface area contributed by atoms with E-state index in [1.165, 1.54) is 16.3 Å². The van der Waals surface area contributed by atoms with Gasteiger partial charge in [0, 0.05) is 6.04 Å². The summed E-state index contributed by atoms with van der Waals surface area (Å²) in [5.41, 5.74) is 2.31. The van der Waals surface area contributed by atoms with Crippen LogP contribution in [0.15, 0.2) is 60.7 Å². The van der Waals surface area contributed by atoms with Crippen LogP contribution in [-0.4, -0.2) is 37.1 Å². The van der Waals surface area contributed by atoms with Crippen molar-refractivity contribution in [1.29, 1.82) is 0 Å². The summed E-state index contributed by atoms with van der Waals surface area (Å²) in [6.07, 6.45) is 2.14. The summed E-state index contributed by atoms with van der Waals surface area (Å²) in [7, 11) is 0. The van der Waals surface area contributed by atoms with Gasteiger partial charge in [0.25, 0.3) is 0 Å². The van der Waals surface area contributed by atoms with Gasteiger partial charge in [0.15, 0.2) is 11.5 Å². The normalized spacial score (nSPS) is 19.3. The number of hydrogen-bond donors (Lipinski definition) is 1. The number of carbonyl (C=O) groups excluding carboxylic acids is 1. The standard InChI is InChI=1S/C26H28N2O3/c1-18(20-9-8-19-5-2-3-6-21(19)15-20)27-26(29)17-28-12-4-7-23(28)22-10-11-24-25(16-22)31-14-13-30-24/h2-3,5-6,8-11,15-16,18,23H,4,7,12-14,17H2,1H3,(H,27,29). The Morgan fingerprint density at radius 1 is 1.03 bits per heavy atom. The Kier molecular flexibility index (Phi) is 5.51. The molecule has 2 aliphatic rings. The highest BCUT2D eigenvalue weighted by molar-refractivity contribution is 5.83. The van der Waals surface area contributed by atoms with Gasteiger partial charge in [-0.1, -0.05) is 42.5 Å². The Labute approximate surface area is 183 Å². The van der Waals surface area contributed by atoms with Gasteiger partial charge < -0.3 is 14.8 Å². The highest BCUT2D eigenvalue weighted by Crippen LogP contribution is 2.37. The molecule has 0 aromatic heterocycles. The number of ether oxygens (including phenoxy) is 2. The molecular weight excluding hydrogens is 388 g/mol. The fourth-order valence-corrected chi connectivity index (χ4v) is 4.69. The average molecular weight is 417 g/mol. The highest BCUT2D eigenvalue weighted by atomic mass is 16.6. The number of fused-ring (bicyclic) bond motifs is 2. The van der Waals surface area contributed by atoms with Crippen molar-refractivity contribution in [2.45, 2.75) is 31.8 Å². The maximum absolute atomic E-state index is 12.9. The van der Waals surface area contributed by atoms with E-state index in [1.807, 2.05) is 25.1 Å². The molecule has 1 amide bonds. The summed E-state index contributed by atoms with van der Waals surface area (Å²) in [5.74, 6) is 1.68. The van der Waals surface area contributed by atoms with Gasteiger partial charge in [0.1, 0.15) is 13.2 Å². The zero-order valence-corrected chi connectivity index (χ0v) is 17.8. The lowest BCUT2D eigenvalue weighted by Crippen LogP contribution is -2.38. The van der Waals surface area contributed by atoms with Crippen LogP contribution >= 0.6 is 0 Å². The van der Waals surface area contributed by atoms with Crippen LogP contribution in [0, 0.1) is 0 Å². The number of benzene rings is 3. The van der Waals surface area contributed by atoms with Gasteiger partial charge in [-0.3, -0.25) is 9.69 Å². The fourth-order valence-electron chi connectivity index (χ4n) is 4.69. The number of amides is 1. The Bertz CT molecular complexity index is 1100. The molecule has 3 aromatic carbocycles. The molecule has 0 aliphatic carbocycles. The van der Waals surface area contributed by atoms with E-state index in [2.05, 4.69) is 52.7 Å². The van der Waals surface area contributed by atoms with Crippen molar-refractivity contribution in [3.05, 3.63) is 71.8 Å². The average Bonchev–Trinajstić information content (AvgIpc) is 3.26. The van der Waals surface area contributed by atoms with Crippen molar-refractivity contribution >= 4 is 16.7 Å². The first-order valence-electron chi connectivity index (χ1n) is 11.1. The molecular formula is C26H28N2O3. The third kappa shape index (κ3) is 4.23. The molecule has 1 fully saturated rings. The molecule has 0 spiro atoms. The van der Waals surface area contributed by atoms with E-state index in [0.717, 1.165) is 36.4 Å². The molecule has 0 bridgehead atoms. The Morgan fingerprint density at radius 2 is 1.84 bits per heavy atom. The zero-order valence-electron chi connectivity index (χ0n) is 17.8. The van der Waals surface area contributed by atoms with E-state index in [4.69, 9.17) is 9.47 Å². The minimum Gasteiger partial charge on any atom is -0.486 e. The second-order valence-electron chi connectivity index (χ2n) is 8.43. The molecule has 3 aromatic rings. The number of rotatable bonds is 5. The van der Waals surface area contributed by atoms with Crippen LogP contribution < -0.4 is 14.8 Å². The van der Waals surface area contributed by atoms with Crippen molar-refractivity contribution in [3.63, 3.8) is 0 Å². The van der Waals surface area contributed by atoms with Crippen LogP contribution in [-0.2, 0) is 4.79 Å². The van der Waals surface area contributed by atoms with Crippen molar-refractivity contribution in [2.75, 3.05) is 26.3 Å². The number of carbonyl (C=O) groups is 1. The maximum atomic E-state index is 12.9. The number of hydrogen-bond acceptors (Lipinski definition) is 4. The molecule has 2 atom stereocenters. The fraction of sp³-hybridized carbons (Fsp3) is 0.346.